The number of ether oxygens (including phenoxy) is 2. The molecule has 9 unspecified atom stereocenters. The zero-order chi connectivity index (χ0) is 35.6. The van der Waals surface area contributed by atoms with Crippen molar-refractivity contribution in [2.45, 2.75) is 191 Å². The molecule has 1 saturated heterocycles. The summed E-state index contributed by atoms with van der Waals surface area (Å²) in [5.41, 5.74) is 0. The summed E-state index contributed by atoms with van der Waals surface area (Å²) < 4.78 is 11.0. The minimum Gasteiger partial charge on any atom is -0.394 e. The molecule has 0 aromatic carbocycles. The second-order valence-electron chi connectivity index (χ2n) is 13.3. The lowest BCUT2D eigenvalue weighted by Gasteiger charge is -2.40. The first-order chi connectivity index (χ1) is 23.2. The van der Waals surface area contributed by atoms with Crippen molar-refractivity contribution in [2.24, 2.45) is 0 Å². The van der Waals surface area contributed by atoms with Crippen molar-refractivity contribution in [2.75, 3.05) is 13.2 Å². The molecule has 1 amide bonds. The lowest BCUT2D eigenvalue weighted by molar-refractivity contribution is -0.303. The molecule has 9 atom stereocenters. The monoisotopic (exact) mass is 687 g/mol. The molecule has 0 aliphatic carbocycles. The fourth-order valence-electron chi connectivity index (χ4n) is 5.75. The predicted octanol–water partition coefficient (Wildman–Crippen LogP) is 3.93. The van der Waals surface area contributed by atoms with Crippen LogP contribution >= 0.6 is 0 Å². The molecule has 0 saturated carbocycles. The first kappa shape index (κ1) is 44.6. The summed E-state index contributed by atoms with van der Waals surface area (Å²) >= 11 is 0. The number of aliphatic hydroxyl groups is 7. The number of hydrogen-bond donors (Lipinski definition) is 8. The first-order valence-electron chi connectivity index (χ1n) is 18.7. The number of aliphatic hydroxyl groups excluding tert-OH is 7. The summed E-state index contributed by atoms with van der Waals surface area (Å²) in [7, 11) is 0. The van der Waals surface area contributed by atoms with Crippen LogP contribution in [0.4, 0.5) is 0 Å². The van der Waals surface area contributed by atoms with E-state index < -0.39 is 74.2 Å². The number of rotatable bonds is 29. The van der Waals surface area contributed by atoms with Crippen LogP contribution in [0.25, 0.3) is 0 Å². The van der Waals surface area contributed by atoms with Crippen molar-refractivity contribution in [1.82, 2.24) is 5.32 Å². The van der Waals surface area contributed by atoms with Crippen LogP contribution in [0, 0.1) is 0 Å². The van der Waals surface area contributed by atoms with Crippen molar-refractivity contribution >= 4 is 5.91 Å². The second-order valence-corrected chi connectivity index (χ2v) is 13.3. The molecular weight excluding hydrogens is 618 g/mol. The highest BCUT2D eigenvalue weighted by molar-refractivity contribution is 5.80. The van der Waals surface area contributed by atoms with Crippen molar-refractivity contribution < 1.29 is 50.0 Å². The Labute approximate surface area is 289 Å². The van der Waals surface area contributed by atoms with Crippen LogP contribution in [-0.4, -0.2) is 110 Å². The molecule has 1 aliphatic rings. The Morgan fingerprint density at radius 1 is 0.708 bits per heavy atom. The van der Waals surface area contributed by atoms with Crippen LogP contribution in [0.5, 0.6) is 0 Å². The summed E-state index contributed by atoms with van der Waals surface area (Å²) in [6, 6.07) is -1.18. The molecule has 282 valence electrons. The lowest BCUT2D eigenvalue weighted by Crippen LogP contribution is -2.60. The van der Waals surface area contributed by atoms with E-state index in [1.54, 1.807) is 0 Å². The molecule has 0 radical (unpaired) electrons. The van der Waals surface area contributed by atoms with E-state index in [9.17, 15) is 40.5 Å². The zero-order valence-corrected chi connectivity index (χ0v) is 29.7. The number of amides is 1. The number of carbonyl (C=O) groups is 1. The molecule has 48 heavy (non-hydrogen) atoms. The third-order valence-electron chi connectivity index (χ3n) is 8.98. The third kappa shape index (κ3) is 19.1. The summed E-state index contributed by atoms with van der Waals surface area (Å²) in [5.74, 6) is -0.718. The molecule has 1 heterocycles. The summed E-state index contributed by atoms with van der Waals surface area (Å²) in [5, 5.41) is 74.9. The third-order valence-corrected chi connectivity index (χ3v) is 8.98. The highest BCUT2D eigenvalue weighted by Crippen LogP contribution is 2.23. The van der Waals surface area contributed by atoms with Gasteiger partial charge in [0, 0.05) is 0 Å². The van der Waals surface area contributed by atoms with Crippen LogP contribution < -0.4 is 5.32 Å². The number of nitrogens with one attached hydrogen (secondary N) is 1. The fourth-order valence-corrected chi connectivity index (χ4v) is 5.75. The Morgan fingerprint density at radius 2 is 1.25 bits per heavy atom. The quantitative estimate of drug-likeness (QED) is 0.0423. The molecule has 0 spiro atoms. The van der Waals surface area contributed by atoms with Crippen molar-refractivity contribution in [3.63, 3.8) is 0 Å². The van der Waals surface area contributed by atoms with E-state index in [4.69, 9.17) is 9.47 Å². The predicted molar refractivity (Wildman–Crippen MR) is 187 cm³/mol. The van der Waals surface area contributed by atoms with E-state index in [2.05, 4.69) is 43.5 Å². The molecule has 11 heteroatoms. The molecule has 8 N–H and O–H groups in total. The van der Waals surface area contributed by atoms with Gasteiger partial charge in [0.25, 0.3) is 0 Å². The minimum absolute atomic E-state index is 0.246. The lowest BCUT2D eigenvalue weighted by atomic mass is 9.98. The highest BCUT2D eigenvalue weighted by Gasteiger charge is 2.44. The van der Waals surface area contributed by atoms with E-state index in [1.165, 1.54) is 51.4 Å². The van der Waals surface area contributed by atoms with Gasteiger partial charge in [-0.25, -0.2) is 0 Å². The first-order valence-corrected chi connectivity index (χ1v) is 18.7. The molecule has 0 aromatic heterocycles. The average Bonchev–Trinajstić information content (AvgIpc) is 3.08. The molecule has 0 aromatic rings. The molecule has 0 bridgehead atoms. The Bertz CT molecular complexity index is 841. The van der Waals surface area contributed by atoms with Gasteiger partial charge in [-0.1, -0.05) is 109 Å². The Kier molecular flexibility index (Phi) is 26.3. The summed E-state index contributed by atoms with van der Waals surface area (Å²) in [6.45, 7) is 3.30. The van der Waals surface area contributed by atoms with Crippen molar-refractivity contribution in [1.29, 1.82) is 0 Å². The van der Waals surface area contributed by atoms with E-state index >= 15 is 0 Å². The smallest absolute Gasteiger partial charge is 0.249 e. The minimum atomic E-state index is -1.66. The summed E-state index contributed by atoms with van der Waals surface area (Å²) in [6.07, 6.45) is 15.5. The molecule has 11 nitrogen and oxygen atoms in total. The van der Waals surface area contributed by atoms with Crippen molar-refractivity contribution in [3.8, 4) is 0 Å². The number of unbranched alkanes of at least 4 members (excludes halogenated alkanes) is 13. The summed E-state index contributed by atoms with van der Waals surface area (Å²) in [4.78, 5) is 12.9. The Morgan fingerprint density at radius 3 is 1.85 bits per heavy atom. The molecule has 1 fully saturated rings. The van der Waals surface area contributed by atoms with Gasteiger partial charge in [0.05, 0.1) is 25.4 Å². The standard InChI is InChI=1S/C37H69NO10/c1-3-5-7-9-11-13-14-15-16-17-19-20-22-24-29(40)32(42)28(27-47-37-35(45)34(44)33(43)31(26-39)48-37)38-36(46)30(41)25-23-21-18-12-10-8-6-4-2/h13-14,17,19,28-35,37,39-45H,3-12,15-16,18,20-27H2,1-2H3,(H,38,46)/b14-13+,19-17+. The Hall–Kier alpha value is -1.41. The maximum Gasteiger partial charge on any atom is 0.249 e. The fraction of sp³-hybridized carbons (Fsp3) is 0.865. The maximum absolute atomic E-state index is 12.9. The normalized spacial score (nSPS) is 24.2. The van der Waals surface area contributed by atoms with Crippen LogP contribution in [0.3, 0.4) is 0 Å². The largest absolute Gasteiger partial charge is 0.394 e. The van der Waals surface area contributed by atoms with E-state index in [-0.39, 0.29) is 12.8 Å². The Balaban J connectivity index is 2.63. The number of carbonyl (C=O) groups excluding carboxylic acids is 1. The molecular formula is C37H69NO10. The number of allylic oxidation sites excluding steroid dienone is 4. The van der Waals surface area contributed by atoms with E-state index in [0.717, 1.165) is 38.5 Å². The van der Waals surface area contributed by atoms with E-state index in [0.29, 0.717) is 19.3 Å². The average molecular weight is 688 g/mol. The van der Waals surface area contributed by atoms with Gasteiger partial charge in [0.1, 0.15) is 36.6 Å². The van der Waals surface area contributed by atoms with Crippen molar-refractivity contribution in [3.05, 3.63) is 24.3 Å². The van der Waals surface area contributed by atoms with Gasteiger partial charge in [-0.2, -0.15) is 0 Å². The molecule has 1 aliphatic heterocycles. The van der Waals surface area contributed by atoms with E-state index in [1.807, 2.05) is 0 Å². The van der Waals surface area contributed by atoms with Crippen LogP contribution in [0.1, 0.15) is 136 Å². The number of hydrogen-bond acceptors (Lipinski definition) is 10. The van der Waals surface area contributed by atoms with Gasteiger partial charge in [0.2, 0.25) is 5.91 Å². The van der Waals surface area contributed by atoms with Crippen LogP contribution in [0.2, 0.25) is 0 Å². The van der Waals surface area contributed by atoms with Gasteiger partial charge in [-0.3, -0.25) is 4.79 Å². The van der Waals surface area contributed by atoms with Gasteiger partial charge < -0.3 is 50.5 Å². The zero-order valence-electron chi connectivity index (χ0n) is 29.7. The maximum atomic E-state index is 12.9. The van der Waals surface area contributed by atoms with Gasteiger partial charge in [-0.05, 0) is 51.4 Å². The van der Waals surface area contributed by atoms with Crippen LogP contribution in [0.15, 0.2) is 24.3 Å². The highest BCUT2D eigenvalue weighted by atomic mass is 16.7. The van der Waals surface area contributed by atoms with Crippen LogP contribution in [-0.2, 0) is 14.3 Å². The second kappa shape index (κ2) is 28.3. The van der Waals surface area contributed by atoms with Gasteiger partial charge >= 0.3 is 0 Å². The molecule has 1 rings (SSSR count). The topological polar surface area (TPSA) is 189 Å². The van der Waals surface area contributed by atoms with Gasteiger partial charge in [0.15, 0.2) is 6.29 Å². The SMILES string of the molecule is CCCCCC/C=C/CC/C=C/CCCC(O)C(O)C(COC1OC(CO)C(O)C(O)C1O)NC(=O)C(O)CCCCCCCCCC. The van der Waals surface area contributed by atoms with Gasteiger partial charge in [-0.15, -0.1) is 0 Å².